The van der Waals surface area contributed by atoms with E-state index in [1.807, 2.05) is 0 Å². The average Bonchev–Trinajstić information content (AvgIpc) is 3.21. The van der Waals surface area contributed by atoms with Gasteiger partial charge < -0.3 is 29.2 Å². The molecule has 4 atom stereocenters. The molecule has 0 aromatic heterocycles. The summed E-state index contributed by atoms with van der Waals surface area (Å²) in [5.74, 6) is 0. The molecule has 0 fully saturated rings. The Morgan fingerprint density at radius 3 is 0.714 bits per heavy atom. The second-order valence-electron chi connectivity index (χ2n) is 17.3. The Morgan fingerprint density at radius 2 is 0.482 bits per heavy atom. The van der Waals surface area contributed by atoms with Gasteiger partial charge in [0, 0.05) is 26.4 Å². The third-order valence-electron chi connectivity index (χ3n) is 11.6. The van der Waals surface area contributed by atoms with Crippen LogP contribution in [0.5, 0.6) is 0 Å². The molecule has 0 bridgehead atoms. The second kappa shape index (κ2) is 47.4. The Kier molecular flexibility index (Phi) is 47.2. The van der Waals surface area contributed by atoms with Gasteiger partial charge >= 0.3 is 0 Å². The van der Waals surface area contributed by atoms with Crippen LogP contribution >= 0.6 is 0 Å². The van der Waals surface area contributed by atoms with Gasteiger partial charge in [-0.1, -0.05) is 233 Å². The molecule has 0 aromatic carbocycles. The van der Waals surface area contributed by atoms with Crippen LogP contribution in [0.3, 0.4) is 0 Å². The summed E-state index contributed by atoms with van der Waals surface area (Å²) in [6.45, 7) is 11.8. The first-order valence-electron chi connectivity index (χ1n) is 25.4. The van der Waals surface area contributed by atoms with Crippen LogP contribution in [0.15, 0.2) is 0 Å². The minimum absolute atomic E-state index is 0.280. The average molecular weight is 799 g/mol. The van der Waals surface area contributed by atoms with E-state index in [4.69, 9.17) is 18.9 Å². The zero-order valence-electron chi connectivity index (χ0n) is 38.5. The molecular formula is C50H102O6. The van der Waals surface area contributed by atoms with Crippen molar-refractivity contribution in [1.82, 2.24) is 0 Å². The van der Waals surface area contributed by atoms with Crippen molar-refractivity contribution in [1.29, 1.82) is 0 Å². The van der Waals surface area contributed by atoms with E-state index in [9.17, 15) is 10.2 Å². The summed E-state index contributed by atoms with van der Waals surface area (Å²) in [5, 5.41) is 22.6. The van der Waals surface area contributed by atoms with E-state index in [0.29, 0.717) is 26.4 Å². The highest BCUT2D eigenvalue weighted by Gasteiger charge is 2.34. The first-order chi connectivity index (χ1) is 27.6. The van der Waals surface area contributed by atoms with Gasteiger partial charge in [0.2, 0.25) is 0 Å². The van der Waals surface area contributed by atoms with Gasteiger partial charge in [0.15, 0.2) is 0 Å². The first kappa shape index (κ1) is 55.8. The van der Waals surface area contributed by atoms with Gasteiger partial charge in [-0.25, -0.2) is 0 Å². The molecule has 0 aliphatic rings. The van der Waals surface area contributed by atoms with Crippen LogP contribution < -0.4 is 0 Å². The van der Waals surface area contributed by atoms with Crippen LogP contribution in [0, 0.1) is 0 Å². The minimum atomic E-state index is -1.09. The molecule has 0 aliphatic heterocycles. The molecular weight excluding hydrogens is 697 g/mol. The topological polar surface area (TPSA) is 77.4 Å². The van der Waals surface area contributed by atoms with Crippen molar-refractivity contribution in [2.24, 2.45) is 0 Å². The number of hydrogen-bond donors (Lipinski definition) is 2. The number of unbranched alkanes of at least 4 members (excludes halogenated alkanes) is 32. The van der Waals surface area contributed by atoms with Gasteiger partial charge in [0.05, 0.1) is 13.2 Å². The standard InChI is InChI=1S/C50H102O6/c1-5-9-13-15-17-19-21-23-25-27-29-31-33-35-37-39-41-53-45-47(55-43-11-7-3)49(51)50(52)48(56-44-12-8-4)46-54-42-40-38-36-34-32-30-28-26-24-22-20-18-16-14-10-6-2/h47-52H,5-46H2,1-4H3/t47-,48-,49-,50-/m1/s1. The molecule has 0 aliphatic carbocycles. The maximum absolute atomic E-state index is 11.3. The highest BCUT2D eigenvalue weighted by Crippen LogP contribution is 2.17. The molecule has 0 unspecified atom stereocenters. The maximum atomic E-state index is 11.3. The highest BCUT2D eigenvalue weighted by molar-refractivity contribution is 4.83. The maximum Gasteiger partial charge on any atom is 0.111 e. The Labute approximate surface area is 351 Å². The molecule has 0 amide bonds. The van der Waals surface area contributed by atoms with E-state index >= 15 is 0 Å². The summed E-state index contributed by atoms with van der Waals surface area (Å²) in [4.78, 5) is 0. The van der Waals surface area contributed by atoms with Crippen molar-refractivity contribution in [2.45, 2.75) is 283 Å². The number of ether oxygens (including phenoxy) is 4. The molecule has 0 rings (SSSR count). The summed E-state index contributed by atoms with van der Waals surface area (Å²) in [7, 11) is 0. The van der Waals surface area contributed by atoms with Gasteiger partial charge in [0.25, 0.3) is 0 Å². The molecule has 6 nitrogen and oxygen atoms in total. The summed E-state index contributed by atoms with van der Waals surface area (Å²) in [6.07, 6.45) is 43.7. The van der Waals surface area contributed by atoms with Crippen molar-refractivity contribution >= 4 is 0 Å². The summed E-state index contributed by atoms with van der Waals surface area (Å²) < 4.78 is 24.2. The van der Waals surface area contributed by atoms with Crippen LogP contribution in [0.25, 0.3) is 0 Å². The zero-order chi connectivity index (χ0) is 40.8. The quantitative estimate of drug-likeness (QED) is 0.0597. The van der Waals surface area contributed by atoms with Gasteiger partial charge in [-0.2, -0.15) is 0 Å². The van der Waals surface area contributed by atoms with Crippen molar-refractivity contribution in [2.75, 3.05) is 39.6 Å². The molecule has 0 spiro atoms. The number of aliphatic hydroxyl groups excluding tert-OH is 2. The van der Waals surface area contributed by atoms with Crippen molar-refractivity contribution in [3.05, 3.63) is 0 Å². The molecule has 0 saturated heterocycles. The first-order valence-corrected chi connectivity index (χ1v) is 25.4. The summed E-state index contributed by atoms with van der Waals surface area (Å²) in [6, 6.07) is 0. The lowest BCUT2D eigenvalue weighted by Crippen LogP contribution is -2.50. The van der Waals surface area contributed by atoms with Crippen molar-refractivity contribution in [3.63, 3.8) is 0 Å². The van der Waals surface area contributed by atoms with E-state index in [-0.39, 0.29) is 13.2 Å². The molecule has 56 heavy (non-hydrogen) atoms. The monoisotopic (exact) mass is 799 g/mol. The van der Waals surface area contributed by atoms with E-state index in [2.05, 4.69) is 27.7 Å². The van der Waals surface area contributed by atoms with Gasteiger partial charge in [0.1, 0.15) is 24.4 Å². The van der Waals surface area contributed by atoms with E-state index < -0.39 is 24.4 Å². The van der Waals surface area contributed by atoms with Gasteiger partial charge in [-0.05, 0) is 25.7 Å². The lowest BCUT2D eigenvalue weighted by molar-refractivity contribution is -0.163. The number of rotatable bonds is 49. The van der Waals surface area contributed by atoms with Gasteiger partial charge in [-0.3, -0.25) is 0 Å². The fourth-order valence-electron chi connectivity index (χ4n) is 7.59. The van der Waals surface area contributed by atoms with Crippen molar-refractivity contribution < 1.29 is 29.2 Å². The van der Waals surface area contributed by atoms with E-state index in [1.54, 1.807) is 0 Å². The molecule has 0 aromatic rings. The highest BCUT2D eigenvalue weighted by atomic mass is 16.6. The SMILES string of the molecule is CCCCCCCCCCCCCCCCCCOC[C@@H](OCCCC)[C@@H](O)[C@H](O)[C@@H](COCCCCCCCCCCCCCCCCCC)OCCCC. The van der Waals surface area contributed by atoms with Crippen molar-refractivity contribution in [3.8, 4) is 0 Å². The zero-order valence-corrected chi connectivity index (χ0v) is 38.5. The largest absolute Gasteiger partial charge is 0.388 e. The normalized spacial score (nSPS) is 14.0. The molecule has 0 saturated carbocycles. The van der Waals surface area contributed by atoms with E-state index in [1.165, 1.54) is 193 Å². The Balaban J connectivity index is 4.21. The Hall–Kier alpha value is -0.240. The van der Waals surface area contributed by atoms with Crippen LogP contribution in [0.1, 0.15) is 259 Å². The predicted molar refractivity (Wildman–Crippen MR) is 242 cm³/mol. The van der Waals surface area contributed by atoms with Gasteiger partial charge in [-0.15, -0.1) is 0 Å². The predicted octanol–water partition coefficient (Wildman–Crippen LogP) is 14.6. The number of aliphatic hydroxyl groups is 2. The fraction of sp³-hybridized carbons (Fsp3) is 1.00. The molecule has 2 N–H and O–H groups in total. The molecule has 338 valence electrons. The van der Waals surface area contributed by atoms with Crippen LogP contribution in [0.4, 0.5) is 0 Å². The lowest BCUT2D eigenvalue weighted by atomic mass is 10.0. The third-order valence-corrected chi connectivity index (χ3v) is 11.6. The van der Waals surface area contributed by atoms with Crippen LogP contribution in [0.2, 0.25) is 0 Å². The fourth-order valence-corrected chi connectivity index (χ4v) is 7.59. The third kappa shape index (κ3) is 39.2. The number of hydrogen-bond acceptors (Lipinski definition) is 6. The summed E-state index contributed by atoms with van der Waals surface area (Å²) >= 11 is 0. The smallest absolute Gasteiger partial charge is 0.111 e. The molecule has 0 heterocycles. The van der Waals surface area contributed by atoms with Crippen LogP contribution in [-0.2, 0) is 18.9 Å². The Bertz CT molecular complexity index is 649. The lowest BCUT2D eigenvalue weighted by Gasteiger charge is -2.31. The molecule has 0 radical (unpaired) electrons. The van der Waals surface area contributed by atoms with Crippen LogP contribution in [-0.4, -0.2) is 74.3 Å². The second-order valence-corrected chi connectivity index (χ2v) is 17.3. The summed E-state index contributed by atoms with van der Waals surface area (Å²) in [5.41, 5.74) is 0. The van der Waals surface area contributed by atoms with E-state index in [0.717, 1.165) is 38.5 Å². The molecule has 6 heteroatoms. The Morgan fingerprint density at radius 1 is 0.268 bits per heavy atom. The minimum Gasteiger partial charge on any atom is -0.388 e.